The number of carboxylic acids is 1. The maximum Gasteiger partial charge on any atom is 0.329 e. The highest BCUT2D eigenvalue weighted by atomic mass is 16.5. The normalized spacial score (nSPS) is 22.5. The minimum atomic E-state index is -1.13. The second-order valence-corrected chi connectivity index (χ2v) is 6.36. The van der Waals surface area contributed by atoms with Crippen molar-refractivity contribution in [1.82, 2.24) is 10.3 Å². The summed E-state index contributed by atoms with van der Waals surface area (Å²) < 4.78 is 5.34. The number of rotatable bonds is 3. The molecule has 21 heavy (non-hydrogen) atoms. The third-order valence-electron chi connectivity index (χ3n) is 4.75. The lowest BCUT2D eigenvalue weighted by molar-refractivity contribution is -0.161. The number of carbonyl (C=O) groups is 2. The molecule has 3 rings (SSSR count). The second-order valence-electron chi connectivity index (χ2n) is 6.36. The van der Waals surface area contributed by atoms with Gasteiger partial charge in [-0.15, -0.1) is 0 Å². The summed E-state index contributed by atoms with van der Waals surface area (Å²) in [5, 5.41) is 12.3. The van der Waals surface area contributed by atoms with Crippen molar-refractivity contribution in [1.29, 1.82) is 0 Å². The van der Waals surface area contributed by atoms with Crippen LogP contribution in [0.1, 0.15) is 41.9 Å². The van der Waals surface area contributed by atoms with Gasteiger partial charge in [-0.25, -0.2) is 4.79 Å². The number of amides is 1. The number of carboxylic acid groups (broad SMARTS) is 1. The molecule has 114 valence electrons. The molecule has 0 radical (unpaired) electrons. The summed E-state index contributed by atoms with van der Waals surface area (Å²) in [7, 11) is 0. The van der Waals surface area contributed by atoms with Crippen molar-refractivity contribution in [2.24, 2.45) is 5.41 Å². The molecule has 0 unspecified atom stereocenters. The molecule has 1 aliphatic heterocycles. The van der Waals surface area contributed by atoms with Crippen LogP contribution < -0.4 is 5.32 Å². The molecule has 0 aromatic carbocycles. The highest BCUT2D eigenvalue weighted by Crippen LogP contribution is 2.54. The topological polar surface area (TPSA) is 91.4 Å². The standard InChI is InChI=1S/C15H20N2O4/c1-10-2-3-11(16-10)12(18)17-15(13(19)20)8-14(9-15)4-6-21-7-5-14/h2-3,16H,4-9H2,1H3,(H,17,18)(H,19,20). The fraction of sp³-hybridized carbons (Fsp3) is 0.600. The molecule has 1 saturated heterocycles. The zero-order chi connectivity index (χ0) is 15.1. The third-order valence-corrected chi connectivity index (χ3v) is 4.75. The number of aromatic nitrogens is 1. The van der Waals surface area contributed by atoms with Crippen LogP contribution >= 0.6 is 0 Å². The molecule has 2 aliphatic rings. The van der Waals surface area contributed by atoms with Gasteiger partial charge in [-0.1, -0.05) is 0 Å². The number of ether oxygens (including phenoxy) is 1. The van der Waals surface area contributed by atoms with Crippen LogP contribution in [0, 0.1) is 12.3 Å². The molecular weight excluding hydrogens is 272 g/mol. The van der Waals surface area contributed by atoms with Crippen LogP contribution in [0.4, 0.5) is 0 Å². The van der Waals surface area contributed by atoms with Gasteiger partial charge in [0.2, 0.25) is 0 Å². The van der Waals surface area contributed by atoms with E-state index in [-0.39, 0.29) is 11.3 Å². The summed E-state index contributed by atoms with van der Waals surface area (Å²) in [5.74, 6) is -1.30. The van der Waals surface area contributed by atoms with Crippen molar-refractivity contribution >= 4 is 11.9 Å². The monoisotopic (exact) mass is 292 g/mol. The van der Waals surface area contributed by atoms with Gasteiger partial charge in [0.05, 0.1) is 0 Å². The summed E-state index contributed by atoms with van der Waals surface area (Å²) in [6.07, 6.45) is 2.73. The molecule has 1 spiro atoms. The van der Waals surface area contributed by atoms with E-state index >= 15 is 0 Å². The third kappa shape index (κ3) is 2.44. The Balaban J connectivity index is 1.72. The molecular formula is C15H20N2O4. The van der Waals surface area contributed by atoms with E-state index in [1.807, 2.05) is 6.92 Å². The number of nitrogens with one attached hydrogen (secondary N) is 2. The molecule has 0 bridgehead atoms. The van der Waals surface area contributed by atoms with Gasteiger partial charge in [-0.3, -0.25) is 4.79 Å². The molecule has 0 atom stereocenters. The Morgan fingerprint density at radius 1 is 1.29 bits per heavy atom. The lowest BCUT2D eigenvalue weighted by Gasteiger charge is -2.55. The van der Waals surface area contributed by atoms with E-state index in [4.69, 9.17) is 4.74 Å². The predicted molar refractivity (Wildman–Crippen MR) is 75.1 cm³/mol. The van der Waals surface area contributed by atoms with Gasteiger partial charge in [0.25, 0.3) is 5.91 Å². The van der Waals surface area contributed by atoms with Gasteiger partial charge < -0.3 is 20.1 Å². The number of aromatic amines is 1. The maximum absolute atomic E-state index is 12.2. The summed E-state index contributed by atoms with van der Waals surface area (Å²) in [4.78, 5) is 26.8. The van der Waals surface area contributed by atoms with Gasteiger partial charge >= 0.3 is 5.97 Å². The Kier molecular flexibility index (Phi) is 3.28. The number of H-pyrrole nitrogens is 1. The van der Waals surface area contributed by atoms with Gasteiger partial charge in [-0.05, 0) is 50.2 Å². The Bertz CT molecular complexity index is 564. The Morgan fingerprint density at radius 3 is 2.48 bits per heavy atom. The van der Waals surface area contributed by atoms with Crippen LogP contribution in [0.5, 0.6) is 0 Å². The van der Waals surface area contributed by atoms with Gasteiger partial charge in [0, 0.05) is 18.9 Å². The Morgan fingerprint density at radius 2 is 1.95 bits per heavy atom. The molecule has 3 N–H and O–H groups in total. The summed E-state index contributed by atoms with van der Waals surface area (Å²) in [6.45, 7) is 3.21. The molecule has 1 aromatic heterocycles. The fourth-order valence-electron chi connectivity index (χ4n) is 3.60. The summed E-state index contributed by atoms with van der Waals surface area (Å²) in [6, 6.07) is 3.46. The zero-order valence-corrected chi connectivity index (χ0v) is 12.1. The lowest BCUT2D eigenvalue weighted by Crippen LogP contribution is -2.67. The van der Waals surface area contributed by atoms with E-state index < -0.39 is 11.5 Å². The highest BCUT2D eigenvalue weighted by molar-refractivity contribution is 5.97. The van der Waals surface area contributed by atoms with E-state index in [1.165, 1.54) is 0 Å². The first kappa shape index (κ1) is 14.1. The maximum atomic E-state index is 12.2. The van der Waals surface area contributed by atoms with Gasteiger partial charge in [0.1, 0.15) is 11.2 Å². The lowest BCUT2D eigenvalue weighted by atomic mass is 9.54. The second kappa shape index (κ2) is 4.87. The minimum absolute atomic E-state index is 0.0234. The molecule has 6 nitrogen and oxygen atoms in total. The van der Waals surface area contributed by atoms with Gasteiger partial charge in [-0.2, -0.15) is 0 Å². The van der Waals surface area contributed by atoms with Crippen molar-refractivity contribution < 1.29 is 19.4 Å². The SMILES string of the molecule is Cc1ccc(C(=O)NC2(C(=O)O)CC3(CCOCC3)C2)[nH]1. The van der Waals surface area contributed by atoms with Crippen molar-refractivity contribution in [3.05, 3.63) is 23.5 Å². The average Bonchev–Trinajstić information content (AvgIpc) is 2.84. The first-order valence-electron chi connectivity index (χ1n) is 7.24. The molecule has 6 heteroatoms. The minimum Gasteiger partial charge on any atom is -0.480 e. The first-order chi connectivity index (χ1) is 9.95. The largest absolute Gasteiger partial charge is 0.480 e. The van der Waals surface area contributed by atoms with E-state index in [0.717, 1.165) is 18.5 Å². The van der Waals surface area contributed by atoms with Crippen LogP contribution in [0.25, 0.3) is 0 Å². The van der Waals surface area contributed by atoms with E-state index in [0.29, 0.717) is 31.7 Å². The number of aryl methyl sites for hydroxylation is 1. The van der Waals surface area contributed by atoms with E-state index in [9.17, 15) is 14.7 Å². The van der Waals surface area contributed by atoms with Crippen LogP contribution in [0.15, 0.2) is 12.1 Å². The molecule has 1 aliphatic carbocycles. The van der Waals surface area contributed by atoms with Crippen molar-refractivity contribution in [3.63, 3.8) is 0 Å². The molecule has 1 saturated carbocycles. The predicted octanol–water partition coefficient (Wildman–Crippen LogP) is 1.47. The molecule has 2 heterocycles. The number of carbonyl (C=O) groups excluding carboxylic acids is 1. The van der Waals surface area contributed by atoms with Crippen LogP contribution in [0.2, 0.25) is 0 Å². The smallest absolute Gasteiger partial charge is 0.329 e. The van der Waals surface area contributed by atoms with E-state index in [2.05, 4.69) is 10.3 Å². The number of hydrogen-bond donors (Lipinski definition) is 3. The fourth-order valence-corrected chi connectivity index (χ4v) is 3.60. The first-order valence-corrected chi connectivity index (χ1v) is 7.24. The summed E-state index contributed by atoms with van der Waals surface area (Å²) in [5.41, 5.74) is 0.170. The van der Waals surface area contributed by atoms with Crippen molar-refractivity contribution in [3.8, 4) is 0 Å². The Hall–Kier alpha value is -1.82. The number of hydrogen-bond acceptors (Lipinski definition) is 3. The van der Waals surface area contributed by atoms with Gasteiger partial charge in [0.15, 0.2) is 0 Å². The van der Waals surface area contributed by atoms with Crippen molar-refractivity contribution in [2.45, 2.75) is 38.1 Å². The van der Waals surface area contributed by atoms with Crippen molar-refractivity contribution in [2.75, 3.05) is 13.2 Å². The molecule has 2 fully saturated rings. The number of aliphatic carboxylic acids is 1. The van der Waals surface area contributed by atoms with Crippen LogP contribution in [0.3, 0.4) is 0 Å². The van der Waals surface area contributed by atoms with Crippen LogP contribution in [-0.2, 0) is 9.53 Å². The zero-order valence-electron chi connectivity index (χ0n) is 12.1. The van der Waals surface area contributed by atoms with E-state index in [1.54, 1.807) is 12.1 Å². The molecule has 1 aromatic rings. The quantitative estimate of drug-likeness (QED) is 0.786. The molecule has 1 amide bonds. The summed E-state index contributed by atoms with van der Waals surface area (Å²) >= 11 is 0. The van der Waals surface area contributed by atoms with Crippen LogP contribution in [-0.4, -0.2) is 40.7 Å². The Labute approximate surface area is 122 Å². The average molecular weight is 292 g/mol. The highest BCUT2D eigenvalue weighted by Gasteiger charge is 2.60.